The van der Waals surface area contributed by atoms with Gasteiger partial charge in [0.15, 0.2) is 0 Å². The maximum atomic E-state index is 12.3. The molecule has 0 fully saturated rings. The first-order chi connectivity index (χ1) is 14.8. The number of esters is 1. The van der Waals surface area contributed by atoms with E-state index < -0.39 is 22.1 Å². The fourth-order valence-electron chi connectivity index (χ4n) is 3.72. The van der Waals surface area contributed by atoms with Crippen molar-refractivity contribution in [2.75, 3.05) is 30.4 Å². The highest BCUT2D eigenvalue weighted by atomic mass is 32.2. The van der Waals surface area contributed by atoms with Crippen molar-refractivity contribution in [3.05, 3.63) is 64.7 Å². The number of sulfonamides is 1. The van der Waals surface area contributed by atoms with Gasteiger partial charge in [-0.1, -0.05) is 24.3 Å². The molecule has 1 unspecified atom stereocenters. The van der Waals surface area contributed by atoms with Crippen LogP contribution in [-0.4, -0.2) is 50.6 Å². The van der Waals surface area contributed by atoms with Gasteiger partial charge in [-0.2, -0.15) is 0 Å². The number of aryl methyl sites for hydroxylation is 2. The molecule has 1 aliphatic rings. The molecule has 0 radical (unpaired) electrons. The second kappa shape index (κ2) is 10.2. The Bertz CT molecular complexity index is 1020. The van der Waals surface area contributed by atoms with Gasteiger partial charge in [0.1, 0.15) is 6.61 Å². The molecule has 3 rings (SSSR count). The number of hydrogen-bond donors (Lipinski definition) is 3. The summed E-state index contributed by atoms with van der Waals surface area (Å²) in [6.07, 6.45) is 3.13. The van der Waals surface area contributed by atoms with Crippen molar-refractivity contribution in [2.45, 2.75) is 31.8 Å². The summed E-state index contributed by atoms with van der Waals surface area (Å²) in [5.74, 6) is -0.490. The number of carbonyl (C=O) groups excluding carboxylic acids is 1. The van der Waals surface area contributed by atoms with Crippen LogP contribution in [0.3, 0.4) is 0 Å². The fraction of sp³-hybridized carbons (Fsp3) is 0.409. The number of hydrazine groups is 1. The zero-order valence-corrected chi connectivity index (χ0v) is 18.3. The third-order valence-electron chi connectivity index (χ3n) is 5.18. The monoisotopic (exact) mass is 448 g/mol. The van der Waals surface area contributed by atoms with Crippen molar-refractivity contribution in [3.8, 4) is 0 Å². The van der Waals surface area contributed by atoms with E-state index in [0.29, 0.717) is 43.5 Å². The van der Waals surface area contributed by atoms with Crippen molar-refractivity contribution in [3.63, 3.8) is 0 Å². The van der Waals surface area contributed by atoms with Crippen molar-refractivity contribution < 1.29 is 28.2 Å². The van der Waals surface area contributed by atoms with Crippen LogP contribution in [0, 0.1) is 0 Å². The average molecular weight is 449 g/mol. The summed E-state index contributed by atoms with van der Waals surface area (Å²) < 4.78 is 30.8. The van der Waals surface area contributed by atoms with Crippen LogP contribution in [0.1, 0.15) is 46.0 Å². The highest BCUT2D eigenvalue weighted by Crippen LogP contribution is 2.33. The topological polar surface area (TPSA) is 116 Å². The van der Waals surface area contributed by atoms with E-state index in [4.69, 9.17) is 9.84 Å². The average Bonchev–Trinajstić information content (AvgIpc) is 3.11. The van der Waals surface area contributed by atoms with E-state index in [2.05, 4.69) is 5.43 Å². The zero-order chi connectivity index (χ0) is 22.4. The summed E-state index contributed by atoms with van der Waals surface area (Å²) in [6.45, 7) is 0.0729. The molecule has 0 spiro atoms. The second-order valence-corrected chi connectivity index (χ2v) is 9.32. The minimum atomic E-state index is -3.56. The standard InChI is InChI=1S/C22H28N2O6S/c1-31(28,29)24(18-9-10-19-17(15-18)8-11-21(19)26)23-12-4-6-16-5-2-3-7-20(16)22(27)30-14-13-25/h2-3,5,7,9-10,15,21,23,25-26H,4,6,8,11-14H2,1H3. The number of ether oxygens (including phenoxy) is 1. The first-order valence-electron chi connectivity index (χ1n) is 10.2. The third-order valence-corrected chi connectivity index (χ3v) is 6.18. The Balaban J connectivity index is 1.64. The molecule has 1 aliphatic carbocycles. The molecule has 0 aromatic heterocycles. The smallest absolute Gasteiger partial charge is 0.338 e. The number of aliphatic hydroxyl groups is 2. The van der Waals surface area contributed by atoms with Gasteiger partial charge >= 0.3 is 5.97 Å². The van der Waals surface area contributed by atoms with E-state index in [-0.39, 0.29) is 13.2 Å². The first-order valence-corrected chi connectivity index (χ1v) is 12.1. The van der Waals surface area contributed by atoms with Gasteiger partial charge in [-0.15, -0.1) is 0 Å². The molecule has 8 nitrogen and oxygen atoms in total. The molecule has 1 atom stereocenters. The third kappa shape index (κ3) is 5.82. The number of nitrogens with one attached hydrogen (secondary N) is 1. The number of carbonyl (C=O) groups is 1. The van der Waals surface area contributed by atoms with Crippen LogP contribution in [0.5, 0.6) is 0 Å². The summed E-state index contributed by atoms with van der Waals surface area (Å²) in [4.78, 5) is 12.1. The SMILES string of the molecule is CS(=O)(=O)N(NCCCc1ccccc1C(=O)OCCO)c1ccc2c(c1)CCC2O. The fourth-order valence-corrected chi connectivity index (χ4v) is 4.54. The Kier molecular flexibility index (Phi) is 7.66. The summed E-state index contributed by atoms with van der Waals surface area (Å²) in [5, 5.41) is 18.8. The molecule has 9 heteroatoms. The number of benzene rings is 2. The quantitative estimate of drug-likeness (QED) is 0.288. The van der Waals surface area contributed by atoms with Gasteiger partial charge in [-0.05, 0) is 60.6 Å². The Morgan fingerprint density at radius 3 is 2.77 bits per heavy atom. The lowest BCUT2D eigenvalue weighted by atomic mass is 10.0. The summed E-state index contributed by atoms with van der Waals surface area (Å²) in [6, 6.07) is 12.3. The van der Waals surface area contributed by atoms with E-state index in [1.807, 2.05) is 12.1 Å². The molecule has 31 heavy (non-hydrogen) atoms. The predicted octanol–water partition coefficient (Wildman–Crippen LogP) is 1.72. The number of fused-ring (bicyclic) bond motifs is 1. The van der Waals surface area contributed by atoms with Crippen LogP contribution in [0.4, 0.5) is 5.69 Å². The van der Waals surface area contributed by atoms with Crippen LogP contribution in [0.25, 0.3) is 0 Å². The number of hydrogen-bond acceptors (Lipinski definition) is 7. The molecular formula is C22H28N2O6S. The lowest BCUT2D eigenvalue weighted by Gasteiger charge is -2.24. The highest BCUT2D eigenvalue weighted by molar-refractivity contribution is 7.92. The molecule has 0 heterocycles. The summed E-state index contributed by atoms with van der Waals surface area (Å²) in [7, 11) is -3.56. The van der Waals surface area contributed by atoms with Crippen molar-refractivity contribution in [1.29, 1.82) is 0 Å². The molecule has 2 aromatic rings. The van der Waals surface area contributed by atoms with Crippen molar-refractivity contribution in [1.82, 2.24) is 5.43 Å². The predicted molar refractivity (Wildman–Crippen MR) is 117 cm³/mol. The lowest BCUT2D eigenvalue weighted by molar-refractivity contribution is 0.0432. The van der Waals surface area contributed by atoms with Gasteiger partial charge in [0.25, 0.3) is 0 Å². The molecule has 0 saturated carbocycles. The normalized spacial score (nSPS) is 15.5. The molecule has 0 amide bonds. The minimum Gasteiger partial charge on any atom is -0.460 e. The Labute approximate surface area is 182 Å². The maximum absolute atomic E-state index is 12.3. The highest BCUT2D eigenvalue weighted by Gasteiger charge is 2.24. The van der Waals surface area contributed by atoms with Crippen molar-refractivity contribution >= 4 is 21.7 Å². The molecule has 3 N–H and O–H groups in total. The van der Waals surface area contributed by atoms with Crippen LogP contribution in [0.15, 0.2) is 42.5 Å². The van der Waals surface area contributed by atoms with Crippen LogP contribution in [0.2, 0.25) is 0 Å². The lowest BCUT2D eigenvalue weighted by Crippen LogP contribution is -2.43. The Hall–Kier alpha value is -2.46. The molecule has 2 aromatic carbocycles. The summed E-state index contributed by atoms with van der Waals surface area (Å²) >= 11 is 0. The maximum Gasteiger partial charge on any atom is 0.338 e. The zero-order valence-electron chi connectivity index (χ0n) is 17.5. The van der Waals surface area contributed by atoms with E-state index in [9.17, 15) is 18.3 Å². The molecular weight excluding hydrogens is 420 g/mol. The second-order valence-electron chi connectivity index (χ2n) is 7.49. The van der Waals surface area contributed by atoms with E-state index in [0.717, 1.165) is 27.4 Å². The number of nitrogens with zero attached hydrogens (tertiary/aromatic N) is 1. The van der Waals surface area contributed by atoms with Gasteiger partial charge in [0.05, 0.1) is 30.2 Å². The molecule has 0 saturated heterocycles. The van der Waals surface area contributed by atoms with Gasteiger partial charge in [-0.3, -0.25) is 0 Å². The van der Waals surface area contributed by atoms with Gasteiger partial charge < -0.3 is 14.9 Å². The Morgan fingerprint density at radius 2 is 2.03 bits per heavy atom. The van der Waals surface area contributed by atoms with E-state index >= 15 is 0 Å². The minimum absolute atomic E-state index is 0.0597. The number of anilines is 1. The van der Waals surface area contributed by atoms with Gasteiger partial charge in [-0.25, -0.2) is 23.1 Å². The van der Waals surface area contributed by atoms with Crippen molar-refractivity contribution in [2.24, 2.45) is 0 Å². The summed E-state index contributed by atoms with van der Waals surface area (Å²) in [5.41, 5.74) is 6.51. The first kappa shape index (κ1) is 23.2. The van der Waals surface area contributed by atoms with Gasteiger partial charge in [0, 0.05) is 6.54 Å². The molecule has 0 bridgehead atoms. The van der Waals surface area contributed by atoms with Gasteiger partial charge in [0.2, 0.25) is 10.0 Å². The molecule has 168 valence electrons. The van der Waals surface area contributed by atoms with Crippen LogP contribution in [-0.2, 0) is 27.6 Å². The van der Waals surface area contributed by atoms with E-state index in [1.54, 1.807) is 30.3 Å². The van der Waals surface area contributed by atoms with Crippen LogP contribution >= 0.6 is 0 Å². The Morgan fingerprint density at radius 1 is 1.26 bits per heavy atom. The molecule has 0 aliphatic heterocycles. The largest absolute Gasteiger partial charge is 0.460 e. The van der Waals surface area contributed by atoms with E-state index in [1.165, 1.54) is 0 Å². The number of rotatable bonds is 10. The number of aliphatic hydroxyl groups excluding tert-OH is 2. The van der Waals surface area contributed by atoms with Crippen LogP contribution < -0.4 is 9.84 Å².